The minimum atomic E-state index is -0.561. The predicted molar refractivity (Wildman–Crippen MR) is 79.9 cm³/mol. The number of Topliss-reactive ketones (excluding diaryl/α,β-unsaturated/α-hetero) is 1. The van der Waals surface area contributed by atoms with E-state index < -0.39 is 5.82 Å². The van der Waals surface area contributed by atoms with Crippen LogP contribution in [0.25, 0.3) is 0 Å². The number of hydrogen-bond donors (Lipinski definition) is 2. The molecule has 1 aliphatic heterocycles. The summed E-state index contributed by atoms with van der Waals surface area (Å²) in [7, 11) is 0. The highest BCUT2D eigenvalue weighted by atomic mass is 19.1. The van der Waals surface area contributed by atoms with Gasteiger partial charge in [-0.05, 0) is 38.8 Å². The van der Waals surface area contributed by atoms with Crippen LogP contribution in [0.2, 0.25) is 0 Å². The molecule has 120 valence electrons. The number of rotatable bonds is 4. The zero-order chi connectivity index (χ0) is 16.4. The van der Waals surface area contributed by atoms with Crippen LogP contribution in [0.5, 0.6) is 5.75 Å². The number of likely N-dealkylation sites (tertiary alicyclic amines) is 1. The Labute approximate surface area is 128 Å². The molecule has 6 heteroatoms. The van der Waals surface area contributed by atoms with E-state index in [0.717, 1.165) is 18.9 Å². The number of phenolic OH excluding ortho intramolecular Hbond substituents is 1. The Morgan fingerprint density at radius 3 is 2.68 bits per heavy atom. The molecule has 2 atom stereocenters. The lowest BCUT2D eigenvalue weighted by Crippen LogP contribution is -2.45. The lowest BCUT2D eigenvalue weighted by atomic mass is 9.92. The molecule has 0 saturated carbocycles. The highest BCUT2D eigenvalue weighted by Gasteiger charge is 2.29. The van der Waals surface area contributed by atoms with E-state index in [1.807, 2.05) is 11.8 Å². The summed E-state index contributed by atoms with van der Waals surface area (Å²) in [6.07, 6.45) is 1.55. The van der Waals surface area contributed by atoms with Crippen molar-refractivity contribution in [2.75, 3.05) is 6.54 Å². The first-order valence-electron chi connectivity index (χ1n) is 7.35. The number of amides is 1. The average molecular weight is 308 g/mol. The Balaban J connectivity index is 2.25. The maximum Gasteiger partial charge on any atom is 0.221 e. The third-order valence-electron chi connectivity index (χ3n) is 4.32. The fourth-order valence-corrected chi connectivity index (χ4v) is 2.90. The Morgan fingerprint density at radius 1 is 1.41 bits per heavy atom. The smallest absolute Gasteiger partial charge is 0.221 e. The molecule has 0 aliphatic carbocycles. The molecule has 1 aromatic carbocycles. The topological polar surface area (TPSA) is 83.6 Å². The summed E-state index contributed by atoms with van der Waals surface area (Å²) >= 11 is 0. The molecule has 0 radical (unpaired) electrons. The summed E-state index contributed by atoms with van der Waals surface area (Å²) in [5.74, 6) is -1.72. The summed E-state index contributed by atoms with van der Waals surface area (Å²) in [5, 5.41) is 10.2. The van der Waals surface area contributed by atoms with Crippen molar-refractivity contribution in [3.8, 4) is 5.75 Å². The van der Waals surface area contributed by atoms with Gasteiger partial charge in [-0.2, -0.15) is 0 Å². The Hall–Kier alpha value is -1.95. The van der Waals surface area contributed by atoms with E-state index >= 15 is 0 Å². The summed E-state index contributed by atoms with van der Waals surface area (Å²) in [6.45, 7) is 4.04. The van der Waals surface area contributed by atoms with Gasteiger partial charge in [0, 0.05) is 24.7 Å². The minimum absolute atomic E-state index is 0.0221. The highest BCUT2D eigenvalue weighted by Crippen LogP contribution is 2.29. The molecule has 1 amide bonds. The van der Waals surface area contributed by atoms with Gasteiger partial charge in [0.25, 0.3) is 0 Å². The molecule has 0 spiro atoms. The Bertz CT molecular complexity index is 603. The van der Waals surface area contributed by atoms with Crippen LogP contribution < -0.4 is 5.73 Å². The van der Waals surface area contributed by atoms with Gasteiger partial charge in [0.2, 0.25) is 5.91 Å². The fourth-order valence-electron chi connectivity index (χ4n) is 2.90. The lowest BCUT2D eigenvalue weighted by molar-refractivity contribution is -0.124. The largest absolute Gasteiger partial charge is 0.507 e. The van der Waals surface area contributed by atoms with Crippen molar-refractivity contribution in [3.05, 3.63) is 29.1 Å². The van der Waals surface area contributed by atoms with Crippen LogP contribution in [0.1, 0.15) is 42.6 Å². The summed E-state index contributed by atoms with van der Waals surface area (Å²) in [5.41, 5.74) is 5.69. The van der Waals surface area contributed by atoms with Crippen LogP contribution in [-0.4, -0.2) is 34.3 Å². The van der Waals surface area contributed by atoms with Gasteiger partial charge in [-0.3, -0.25) is 14.5 Å². The van der Waals surface area contributed by atoms with E-state index in [-0.39, 0.29) is 41.5 Å². The molecule has 22 heavy (non-hydrogen) atoms. The number of carbonyl (C=O) groups excluding carboxylic acids is 2. The van der Waals surface area contributed by atoms with E-state index in [4.69, 9.17) is 5.73 Å². The summed E-state index contributed by atoms with van der Waals surface area (Å²) in [6, 6.07) is 2.45. The van der Waals surface area contributed by atoms with Gasteiger partial charge >= 0.3 is 0 Å². The first-order chi connectivity index (χ1) is 10.3. The van der Waals surface area contributed by atoms with E-state index in [0.29, 0.717) is 12.1 Å². The molecule has 1 aromatic rings. The van der Waals surface area contributed by atoms with E-state index in [2.05, 4.69) is 0 Å². The number of benzene rings is 1. The van der Waals surface area contributed by atoms with Gasteiger partial charge in [-0.1, -0.05) is 0 Å². The second kappa shape index (κ2) is 6.44. The van der Waals surface area contributed by atoms with Crippen molar-refractivity contribution in [1.29, 1.82) is 0 Å². The van der Waals surface area contributed by atoms with Crippen molar-refractivity contribution >= 4 is 11.7 Å². The number of primary amides is 1. The molecule has 1 saturated heterocycles. The number of aromatic hydroxyl groups is 1. The lowest BCUT2D eigenvalue weighted by Gasteiger charge is -2.37. The molecule has 1 fully saturated rings. The van der Waals surface area contributed by atoms with E-state index in [1.54, 1.807) is 0 Å². The minimum Gasteiger partial charge on any atom is -0.507 e. The number of nitrogens with zero attached hydrogens (tertiary/aromatic N) is 1. The summed E-state index contributed by atoms with van der Waals surface area (Å²) < 4.78 is 13.7. The Morgan fingerprint density at radius 2 is 2.09 bits per heavy atom. The third kappa shape index (κ3) is 3.44. The van der Waals surface area contributed by atoms with Crippen molar-refractivity contribution in [2.24, 2.45) is 11.7 Å². The second-order valence-electron chi connectivity index (χ2n) is 5.97. The maximum absolute atomic E-state index is 13.7. The quantitative estimate of drug-likeness (QED) is 0.831. The van der Waals surface area contributed by atoms with Crippen LogP contribution in [0.3, 0.4) is 0 Å². The van der Waals surface area contributed by atoms with Crippen molar-refractivity contribution in [3.63, 3.8) is 0 Å². The molecular weight excluding hydrogens is 287 g/mol. The molecule has 2 unspecified atom stereocenters. The predicted octanol–water partition coefficient (Wildman–Crippen LogP) is 1.82. The zero-order valence-corrected chi connectivity index (χ0v) is 12.8. The number of nitrogens with two attached hydrogens (primary N) is 1. The van der Waals surface area contributed by atoms with Gasteiger partial charge in [0.05, 0.1) is 11.5 Å². The fraction of sp³-hybridized carbons (Fsp3) is 0.500. The standard InChI is InChI=1S/C16H21FN2O3/c1-9-3-4-11(16(18)22)7-19(9)8-12-5-13(17)6-14(10(2)20)15(12)21/h5-6,9,11,21H,3-4,7-8H2,1-2H3,(H2,18,22). The van der Waals surface area contributed by atoms with Crippen molar-refractivity contribution < 1.29 is 19.1 Å². The Kier molecular flexibility index (Phi) is 4.81. The van der Waals surface area contributed by atoms with Crippen LogP contribution in [-0.2, 0) is 11.3 Å². The van der Waals surface area contributed by atoms with E-state index in [9.17, 15) is 19.1 Å². The number of halogens is 1. The van der Waals surface area contributed by atoms with Crippen LogP contribution in [0, 0.1) is 11.7 Å². The first kappa shape index (κ1) is 16.4. The zero-order valence-electron chi connectivity index (χ0n) is 12.8. The molecular formula is C16H21FN2O3. The number of piperidine rings is 1. The highest BCUT2D eigenvalue weighted by molar-refractivity contribution is 5.97. The van der Waals surface area contributed by atoms with Crippen molar-refractivity contribution in [1.82, 2.24) is 4.90 Å². The van der Waals surface area contributed by atoms with Crippen LogP contribution >= 0.6 is 0 Å². The molecule has 1 aliphatic rings. The normalized spacial score (nSPS) is 22.5. The van der Waals surface area contributed by atoms with Gasteiger partial charge in [-0.25, -0.2) is 4.39 Å². The second-order valence-corrected chi connectivity index (χ2v) is 5.97. The van der Waals surface area contributed by atoms with Gasteiger partial charge in [0.1, 0.15) is 11.6 Å². The molecule has 0 aromatic heterocycles. The van der Waals surface area contributed by atoms with Gasteiger partial charge < -0.3 is 10.8 Å². The number of carbonyl (C=O) groups is 2. The number of hydrogen-bond acceptors (Lipinski definition) is 4. The maximum atomic E-state index is 13.7. The number of phenols is 1. The first-order valence-corrected chi connectivity index (χ1v) is 7.35. The number of ketones is 1. The third-order valence-corrected chi connectivity index (χ3v) is 4.32. The van der Waals surface area contributed by atoms with Gasteiger partial charge in [0.15, 0.2) is 5.78 Å². The van der Waals surface area contributed by atoms with E-state index in [1.165, 1.54) is 13.0 Å². The molecule has 5 nitrogen and oxygen atoms in total. The average Bonchev–Trinajstić information content (AvgIpc) is 2.44. The summed E-state index contributed by atoms with van der Waals surface area (Å²) in [4.78, 5) is 24.8. The monoisotopic (exact) mass is 308 g/mol. The molecule has 2 rings (SSSR count). The molecule has 0 bridgehead atoms. The van der Waals surface area contributed by atoms with Crippen LogP contribution in [0.4, 0.5) is 4.39 Å². The van der Waals surface area contributed by atoms with Gasteiger partial charge in [-0.15, -0.1) is 0 Å². The molecule has 1 heterocycles. The van der Waals surface area contributed by atoms with Crippen molar-refractivity contribution in [2.45, 2.75) is 39.3 Å². The SMILES string of the molecule is CC(=O)c1cc(F)cc(CN2CC(C(N)=O)CCC2C)c1O. The van der Waals surface area contributed by atoms with Crippen LogP contribution in [0.15, 0.2) is 12.1 Å². The molecule has 3 N–H and O–H groups in total.